The molecule has 1 fully saturated rings. The maximum atomic E-state index is 9.59. The molecule has 15 heavy (non-hydrogen) atoms. The lowest BCUT2D eigenvalue weighted by Crippen LogP contribution is -2.53. The first-order valence-electron chi connectivity index (χ1n) is 5.37. The molecule has 1 heterocycles. The van der Waals surface area contributed by atoms with Crippen LogP contribution in [0.1, 0.15) is 13.8 Å². The largest absolute Gasteiger partial charge is 0.396 e. The lowest BCUT2D eigenvalue weighted by atomic mass is 9.93. The number of aliphatic hydroxyl groups is 3. The van der Waals surface area contributed by atoms with E-state index in [2.05, 4.69) is 6.08 Å². The Kier molecular flexibility index (Phi) is 4.73. The molecule has 0 radical (unpaired) electrons. The third-order valence-corrected chi connectivity index (χ3v) is 2.81. The molecule has 0 spiro atoms. The van der Waals surface area contributed by atoms with Crippen molar-refractivity contribution in [1.82, 2.24) is 4.90 Å². The Morgan fingerprint density at radius 2 is 2.00 bits per heavy atom. The number of piperidine rings is 1. The summed E-state index contributed by atoms with van der Waals surface area (Å²) >= 11 is 0. The van der Waals surface area contributed by atoms with Crippen LogP contribution in [0.25, 0.3) is 0 Å². The van der Waals surface area contributed by atoms with Gasteiger partial charge in [0.2, 0.25) is 0 Å². The fourth-order valence-corrected chi connectivity index (χ4v) is 1.83. The van der Waals surface area contributed by atoms with Gasteiger partial charge in [-0.1, -0.05) is 11.6 Å². The SMILES string of the molecule is CC(C)=CCN1C[C@H](CO)[C@@H](O)[C@H](O)C1. The van der Waals surface area contributed by atoms with Crippen LogP contribution < -0.4 is 0 Å². The number of rotatable bonds is 3. The maximum absolute atomic E-state index is 9.59. The van der Waals surface area contributed by atoms with Gasteiger partial charge in [-0.15, -0.1) is 0 Å². The van der Waals surface area contributed by atoms with Crippen LogP contribution in [0.4, 0.5) is 0 Å². The Morgan fingerprint density at radius 1 is 1.33 bits per heavy atom. The summed E-state index contributed by atoms with van der Waals surface area (Å²) in [6.07, 6.45) is 0.540. The van der Waals surface area contributed by atoms with Gasteiger partial charge in [0.1, 0.15) is 0 Å². The van der Waals surface area contributed by atoms with Gasteiger partial charge in [-0.2, -0.15) is 0 Å². The summed E-state index contributed by atoms with van der Waals surface area (Å²) in [5.41, 5.74) is 1.23. The van der Waals surface area contributed by atoms with Crippen LogP contribution >= 0.6 is 0 Å². The molecule has 0 aliphatic carbocycles. The average molecular weight is 215 g/mol. The summed E-state index contributed by atoms with van der Waals surface area (Å²) in [6, 6.07) is 0. The molecule has 0 unspecified atom stereocenters. The number of aliphatic hydroxyl groups excluding tert-OH is 3. The minimum absolute atomic E-state index is 0.0798. The molecule has 0 aromatic carbocycles. The standard InChI is InChI=1S/C11H21NO3/c1-8(2)3-4-12-5-9(7-13)11(15)10(14)6-12/h3,9-11,13-15H,4-7H2,1-2H3/t9-,10-,11-/m1/s1. The van der Waals surface area contributed by atoms with Crippen molar-refractivity contribution in [3.05, 3.63) is 11.6 Å². The number of β-amino-alcohol motifs (C(OH)–C–C–N with tert-alkyl or cyclic N) is 1. The van der Waals surface area contributed by atoms with Crippen LogP contribution in [0.15, 0.2) is 11.6 Å². The van der Waals surface area contributed by atoms with E-state index in [0.29, 0.717) is 13.1 Å². The van der Waals surface area contributed by atoms with Crippen molar-refractivity contribution in [3.8, 4) is 0 Å². The lowest BCUT2D eigenvalue weighted by molar-refractivity contribution is -0.0836. The fourth-order valence-electron chi connectivity index (χ4n) is 1.83. The quantitative estimate of drug-likeness (QED) is 0.560. The molecule has 1 rings (SSSR count). The van der Waals surface area contributed by atoms with Crippen molar-refractivity contribution < 1.29 is 15.3 Å². The zero-order valence-electron chi connectivity index (χ0n) is 9.43. The summed E-state index contributed by atoms with van der Waals surface area (Å²) in [4.78, 5) is 2.05. The third-order valence-electron chi connectivity index (χ3n) is 2.81. The zero-order valence-corrected chi connectivity index (χ0v) is 9.43. The molecule has 0 aromatic heterocycles. The molecule has 0 aromatic rings. The van der Waals surface area contributed by atoms with Crippen molar-refractivity contribution in [1.29, 1.82) is 0 Å². The van der Waals surface area contributed by atoms with Crippen LogP contribution in [0.3, 0.4) is 0 Å². The molecule has 0 bridgehead atoms. The molecule has 88 valence electrons. The molecular formula is C11H21NO3. The summed E-state index contributed by atoms with van der Waals surface area (Å²) in [5, 5.41) is 28.2. The van der Waals surface area contributed by atoms with Crippen LogP contribution in [-0.2, 0) is 0 Å². The average Bonchev–Trinajstić information content (AvgIpc) is 2.19. The molecule has 1 aliphatic rings. The lowest BCUT2D eigenvalue weighted by Gasteiger charge is -2.38. The van der Waals surface area contributed by atoms with E-state index < -0.39 is 12.2 Å². The normalized spacial score (nSPS) is 32.7. The first-order valence-corrected chi connectivity index (χ1v) is 5.37. The molecule has 3 atom stereocenters. The van der Waals surface area contributed by atoms with E-state index >= 15 is 0 Å². The number of allylic oxidation sites excluding steroid dienone is 1. The zero-order chi connectivity index (χ0) is 11.4. The highest BCUT2D eigenvalue weighted by molar-refractivity contribution is 4.97. The van der Waals surface area contributed by atoms with Crippen LogP contribution in [-0.4, -0.2) is 58.7 Å². The minimum Gasteiger partial charge on any atom is -0.396 e. The Bertz CT molecular complexity index is 226. The van der Waals surface area contributed by atoms with Crippen molar-refractivity contribution in [3.63, 3.8) is 0 Å². The number of hydrogen-bond donors (Lipinski definition) is 3. The van der Waals surface area contributed by atoms with Gasteiger partial charge in [-0.05, 0) is 13.8 Å². The Balaban J connectivity index is 2.51. The second-order valence-corrected chi connectivity index (χ2v) is 4.50. The Labute approximate surface area is 90.8 Å². The molecule has 4 nitrogen and oxygen atoms in total. The predicted molar refractivity (Wildman–Crippen MR) is 58.5 cm³/mol. The monoisotopic (exact) mass is 215 g/mol. The maximum Gasteiger partial charge on any atom is 0.0929 e. The Morgan fingerprint density at radius 3 is 2.53 bits per heavy atom. The highest BCUT2D eigenvalue weighted by Gasteiger charge is 2.33. The van der Waals surface area contributed by atoms with E-state index in [4.69, 9.17) is 5.11 Å². The third kappa shape index (κ3) is 3.57. The van der Waals surface area contributed by atoms with Gasteiger partial charge in [0.05, 0.1) is 12.2 Å². The summed E-state index contributed by atoms with van der Waals surface area (Å²) in [7, 11) is 0. The highest BCUT2D eigenvalue weighted by atomic mass is 16.3. The van der Waals surface area contributed by atoms with Gasteiger partial charge in [-0.25, -0.2) is 0 Å². The minimum atomic E-state index is -0.794. The van der Waals surface area contributed by atoms with E-state index in [1.54, 1.807) is 0 Å². The van der Waals surface area contributed by atoms with Crippen molar-refractivity contribution >= 4 is 0 Å². The van der Waals surface area contributed by atoms with Gasteiger partial charge >= 0.3 is 0 Å². The van der Waals surface area contributed by atoms with Crippen molar-refractivity contribution in [2.45, 2.75) is 26.1 Å². The molecule has 0 amide bonds. The van der Waals surface area contributed by atoms with Gasteiger partial charge in [0, 0.05) is 32.2 Å². The summed E-state index contributed by atoms with van der Waals surface area (Å²) < 4.78 is 0. The molecule has 4 heteroatoms. The Hall–Kier alpha value is -0.420. The van der Waals surface area contributed by atoms with Gasteiger partial charge in [-0.3, -0.25) is 4.90 Å². The number of nitrogens with zero attached hydrogens (tertiary/aromatic N) is 1. The molecule has 3 N–H and O–H groups in total. The molecular weight excluding hydrogens is 194 g/mol. The fraction of sp³-hybridized carbons (Fsp3) is 0.818. The van der Waals surface area contributed by atoms with Gasteiger partial charge in [0.25, 0.3) is 0 Å². The number of hydrogen-bond acceptors (Lipinski definition) is 4. The summed E-state index contributed by atoms with van der Waals surface area (Å²) in [5.74, 6) is -0.237. The first-order chi connectivity index (χ1) is 7.04. The smallest absolute Gasteiger partial charge is 0.0929 e. The predicted octanol–water partition coefficient (Wildman–Crippen LogP) is -0.402. The number of likely N-dealkylation sites (tertiary alicyclic amines) is 1. The summed E-state index contributed by atoms with van der Waals surface area (Å²) in [6.45, 7) is 5.85. The van der Waals surface area contributed by atoms with E-state index in [0.717, 1.165) is 6.54 Å². The molecule has 1 aliphatic heterocycles. The van der Waals surface area contributed by atoms with Crippen LogP contribution in [0, 0.1) is 5.92 Å². The van der Waals surface area contributed by atoms with Gasteiger partial charge in [0.15, 0.2) is 0 Å². The van der Waals surface area contributed by atoms with E-state index in [1.165, 1.54) is 5.57 Å². The topological polar surface area (TPSA) is 63.9 Å². The second-order valence-electron chi connectivity index (χ2n) is 4.50. The van der Waals surface area contributed by atoms with E-state index in [9.17, 15) is 10.2 Å². The second kappa shape index (κ2) is 5.61. The molecule has 0 saturated carbocycles. The van der Waals surface area contributed by atoms with E-state index in [-0.39, 0.29) is 12.5 Å². The van der Waals surface area contributed by atoms with Crippen LogP contribution in [0.2, 0.25) is 0 Å². The first kappa shape index (κ1) is 12.6. The molecule has 1 saturated heterocycles. The van der Waals surface area contributed by atoms with E-state index in [1.807, 2.05) is 18.7 Å². The van der Waals surface area contributed by atoms with Crippen LogP contribution in [0.5, 0.6) is 0 Å². The van der Waals surface area contributed by atoms with Gasteiger partial charge < -0.3 is 15.3 Å². The van der Waals surface area contributed by atoms with Crippen molar-refractivity contribution in [2.24, 2.45) is 5.92 Å². The van der Waals surface area contributed by atoms with Crippen molar-refractivity contribution in [2.75, 3.05) is 26.2 Å². The highest BCUT2D eigenvalue weighted by Crippen LogP contribution is 2.17.